The Kier molecular flexibility index (Phi) is 5.84. The summed E-state index contributed by atoms with van der Waals surface area (Å²) >= 11 is 1.13. The van der Waals surface area contributed by atoms with Crippen LogP contribution < -0.4 is 11.1 Å². The predicted octanol–water partition coefficient (Wildman–Crippen LogP) is 4.07. The van der Waals surface area contributed by atoms with E-state index in [0.717, 1.165) is 31.3 Å². The van der Waals surface area contributed by atoms with Crippen LogP contribution in [-0.2, 0) is 0 Å². The SMILES string of the molecule is C=C(/C(F)=C\C=C(/C)NC(=O)c1nccs1)[C@@]1(C)N=C(N)[C@](C)(F)CC1(F)F. The molecule has 0 fully saturated rings. The summed E-state index contributed by atoms with van der Waals surface area (Å²) in [6.45, 7) is 6.70. The van der Waals surface area contributed by atoms with E-state index in [1.54, 1.807) is 5.38 Å². The summed E-state index contributed by atoms with van der Waals surface area (Å²) in [6.07, 6.45) is 2.28. The summed E-state index contributed by atoms with van der Waals surface area (Å²) < 4.78 is 57.7. The monoisotopic (exact) mass is 416 g/mol. The van der Waals surface area contributed by atoms with Crippen molar-refractivity contribution in [1.29, 1.82) is 0 Å². The minimum Gasteiger partial charge on any atom is -0.385 e. The third-order valence-electron chi connectivity index (χ3n) is 4.44. The maximum atomic E-state index is 14.5. The van der Waals surface area contributed by atoms with Crippen molar-refractivity contribution in [2.45, 2.75) is 44.3 Å². The van der Waals surface area contributed by atoms with Crippen LogP contribution in [0.2, 0.25) is 0 Å². The molecule has 2 atom stereocenters. The van der Waals surface area contributed by atoms with Crippen LogP contribution in [0.1, 0.15) is 37.0 Å². The van der Waals surface area contributed by atoms with Crippen molar-refractivity contribution >= 4 is 23.1 Å². The minimum atomic E-state index is -3.71. The number of nitrogens with one attached hydrogen (secondary N) is 1. The Morgan fingerprint density at radius 3 is 2.57 bits per heavy atom. The number of amidine groups is 1. The standard InChI is InChI=1S/C18H20F4N4OS/c1-10(25-13(27)14-24-7-8-28-14)5-6-12(19)11(2)17(4)18(21,22)9-16(3,20)15(23)26-17/h5-8H,2,9H2,1,3-4H3,(H2,23,26)(H,25,27)/b10-5+,12-6+/t16-,17-/m1/s1. The van der Waals surface area contributed by atoms with Crippen LogP contribution in [0.25, 0.3) is 0 Å². The number of aliphatic imine (C=N–C) groups is 1. The normalized spacial score (nSPS) is 27.9. The van der Waals surface area contributed by atoms with E-state index in [1.807, 2.05) is 0 Å². The lowest BCUT2D eigenvalue weighted by Gasteiger charge is -2.42. The van der Waals surface area contributed by atoms with Gasteiger partial charge in [0, 0.05) is 22.8 Å². The number of nitrogens with zero attached hydrogens (tertiary/aromatic N) is 2. The predicted molar refractivity (Wildman–Crippen MR) is 101 cm³/mol. The molecule has 0 spiro atoms. The first-order chi connectivity index (χ1) is 12.8. The summed E-state index contributed by atoms with van der Waals surface area (Å²) in [6, 6.07) is 0. The van der Waals surface area contributed by atoms with Gasteiger partial charge in [0.15, 0.2) is 16.2 Å². The van der Waals surface area contributed by atoms with Crippen molar-refractivity contribution in [3.05, 3.63) is 52.4 Å². The molecule has 1 aliphatic heterocycles. The van der Waals surface area contributed by atoms with E-state index >= 15 is 0 Å². The van der Waals surface area contributed by atoms with Crippen LogP contribution in [0.3, 0.4) is 0 Å². The minimum absolute atomic E-state index is 0.218. The van der Waals surface area contributed by atoms with Crippen molar-refractivity contribution < 1.29 is 22.4 Å². The van der Waals surface area contributed by atoms with Crippen molar-refractivity contribution in [2.24, 2.45) is 10.7 Å². The number of nitrogens with two attached hydrogens (primary N) is 1. The summed E-state index contributed by atoms with van der Waals surface area (Å²) in [5, 5.41) is 4.32. The zero-order valence-electron chi connectivity index (χ0n) is 15.5. The van der Waals surface area contributed by atoms with Gasteiger partial charge in [0.1, 0.15) is 11.7 Å². The Balaban J connectivity index is 2.23. The number of aromatic nitrogens is 1. The number of hydrogen-bond acceptors (Lipinski definition) is 5. The Morgan fingerprint density at radius 1 is 1.36 bits per heavy atom. The molecule has 0 bridgehead atoms. The van der Waals surface area contributed by atoms with Gasteiger partial charge in [-0.15, -0.1) is 11.3 Å². The highest BCUT2D eigenvalue weighted by Crippen LogP contribution is 2.48. The Morgan fingerprint density at radius 2 is 2.00 bits per heavy atom. The van der Waals surface area contributed by atoms with Crippen molar-refractivity contribution in [3.63, 3.8) is 0 Å². The number of amides is 1. The zero-order chi connectivity index (χ0) is 21.3. The fraction of sp³-hybridized carbons (Fsp3) is 0.389. The van der Waals surface area contributed by atoms with Gasteiger partial charge in [0.05, 0.1) is 6.42 Å². The molecular weight excluding hydrogens is 396 g/mol. The maximum Gasteiger partial charge on any atom is 0.284 e. The molecule has 1 aromatic rings. The summed E-state index contributed by atoms with van der Waals surface area (Å²) in [5.74, 6) is -5.93. The molecule has 0 aromatic carbocycles. The average Bonchev–Trinajstić information content (AvgIpc) is 3.11. The Labute approximate surface area is 163 Å². The first kappa shape index (κ1) is 21.8. The van der Waals surface area contributed by atoms with E-state index in [0.29, 0.717) is 0 Å². The van der Waals surface area contributed by atoms with Crippen LogP contribution in [-0.4, -0.2) is 33.9 Å². The van der Waals surface area contributed by atoms with Gasteiger partial charge in [-0.25, -0.2) is 22.5 Å². The number of carbonyl (C=O) groups is 1. The fourth-order valence-corrected chi connectivity index (χ4v) is 3.08. The van der Waals surface area contributed by atoms with Gasteiger partial charge in [0.2, 0.25) is 0 Å². The maximum absolute atomic E-state index is 14.5. The molecule has 2 rings (SSSR count). The van der Waals surface area contributed by atoms with Crippen molar-refractivity contribution in [2.75, 3.05) is 0 Å². The third kappa shape index (κ3) is 4.16. The molecule has 0 saturated heterocycles. The molecule has 5 nitrogen and oxygen atoms in total. The number of thiazole rings is 1. The highest BCUT2D eigenvalue weighted by atomic mass is 32.1. The lowest BCUT2D eigenvalue weighted by Crippen LogP contribution is -2.58. The second-order valence-corrected chi connectivity index (χ2v) is 7.68. The molecule has 0 saturated carbocycles. The molecule has 0 unspecified atom stereocenters. The van der Waals surface area contributed by atoms with Gasteiger partial charge in [-0.05, 0) is 32.9 Å². The van der Waals surface area contributed by atoms with E-state index in [4.69, 9.17) is 5.73 Å². The number of halogens is 4. The van der Waals surface area contributed by atoms with E-state index in [9.17, 15) is 22.4 Å². The molecule has 152 valence electrons. The molecular formula is C18H20F4N4OS. The summed E-state index contributed by atoms with van der Waals surface area (Å²) in [7, 11) is 0. The largest absolute Gasteiger partial charge is 0.385 e. The van der Waals surface area contributed by atoms with Gasteiger partial charge >= 0.3 is 0 Å². The fourth-order valence-electron chi connectivity index (χ4n) is 2.55. The van der Waals surface area contributed by atoms with Gasteiger partial charge in [-0.3, -0.25) is 9.79 Å². The zero-order valence-corrected chi connectivity index (χ0v) is 16.3. The molecule has 1 aromatic heterocycles. The highest BCUT2D eigenvalue weighted by molar-refractivity contribution is 7.11. The molecule has 1 aliphatic rings. The average molecular weight is 416 g/mol. The number of allylic oxidation sites excluding steroid dienone is 3. The second kappa shape index (κ2) is 7.50. The van der Waals surface area contributed by atoms with Gasteiger partial charge < -0.3 is 11.1 Å². The summed E-state index contributed by atoms with van der Waals surface area (Å²) in [4.78, 5) is 19.2. The smallest absolute Gasteiger partial charge is 0.284 e. The first-order valence-corrected chi connectivity index (χ1v) is 9.05. The Hall–Kier alpha value is -2.49. The molecule has 0 aliphatic carbocycles. The molecule has 2 heterocycles. The number of carbonyl (C=O) groups excluding carboxylic acids is 1. The van der Waals surface area contributed by atoms with Gasteiger partial charge in [-0.1, -0.05) is 6.58 Å². The van der Waals surface area contributed by atoms with Crippen LogP contribution in [0.5, 0.6) is 0 Å². The van der Waals surface area contributed by atoms with E-state index in [1.165, 1.54) is 19.2 Å². The number of hydrogen-bond donors (Lipinski definition) is 2. The number of rotatable bonds is 5. The third-order valence-corrected chi connectivity index (χ3v) is 5.21. The van der Waals surface area contributed by atoms with E-state index < -0.39 is 46.7 Å². The van der Waals surface area contributed by atoms with Crippen molar-refractivity contribution in [3.8, 4) is 0 Å². The second-order valence-electron chi connectivity index (χ2n) is 6.78. The molecule has 3 N–H and O–H groups in total. The van der Waals surface area contributed by atoms with Crippen LogP contribution in [0.4, 0.5) is 17.6 Å². The van der Waals surface area contributed by atoms with Crippen LogP contribution in [0, 0.1) is 0 Å². The lowest BCUT2D eigenvalue weighted by molar-refractivity contribution is -0.0896. The van der Waals surface area contributed by atoms with Gasteiger partial charge in [0.25, 0.3) is 11.8 Å². The van der Waals surface area contributed by atoms with E-state index in [2.05, 4.69) is 21.9 Å². The first-order valence-electron chi connectivity index (χ1n) is 8.17. The highest BCUT2D eigenvalue weighted by Gasteiger charge is 2.60. The number of alkyl halides is 3. The van der Waals surface area contributed by atoms with Crippen molar-refractivity contribution in [1.82, 2.24) is 10.3 Å². The quantitative estimate of drug-likeness (QED) is 0.561. The lowest BCUT2D eigenvalue weighted by atomic mass is 9.77. The summed E-state index contributed by atoms with van der Waals surface area (Å²) in [5.41, 5.74) is 0.135. The topological polar surface area (TPSA) is 80.4 Å². The molecule has 0 radical (unpaired) electrons. The van der Waals surface area contributed by atoms with Gasteiger partial charge in [-0.2, -0.15) is 0 Å². The van der Waals surface area contributed by atoms with Crippen LogP contribution >= 0.6 is 11.3 Å². The van der Waals surface area contributed by atoms with Crippen LogP contribution in [0.15, 0.2) is 52.4 Å². The molecule has 1 amide bonds. The Bertz CT molecular complexity index is 874. The molecule has 28 heavy (non-hydrogen) atoms. The molecule has 10 heteroatoms. The van der Waals surface area contributed by atoms with E-state index in [-0.39, 0.29) is 10.7 Å².